The van der Waals surface area contributed by atoms with Gasteiger partial charge in [-0.3, -0.25) is 9.48 Å². The summed E-state index contributed by atoms with van der Waals surface area (Å²) in [6.07, 6.45) is 2.67. The first-order valence-corrected chi connectivity index (χ1v) is 6.86. The maximum absolute atomic E-state index is 2.50. The molecule has 1 aliphatic rings. The fourth-order valence-corrected chi connectivity index (χ4v) is 2.89. The lowest BCUT2D eigenvalue weighted by atomic mass is 10.4. The average Bonchev–Trinajstić information content (AvgIpc) is 2.55. The zero-order chi connectivity index (χ0) is 10.4. The Balaban J connectivity index is 2.27. The van der Waals surface area contributed by atoms with Crippen molar-refractivity contribution < 1.29 is 4.58 Å². The van der Waals surface area contributed by atoms with E-state index in [1.807, 2.05) is 0 Å². The van der Waals surface area contributed by atoms with Gasteiger partial charge in [0.1, 0.15) is 19.0 Å². The zero-order valence-electron chi connectivity index (χ0n) is 9.75. The molecule has 0 saturated heterocycles. The van der Waals surface area contributed by atoms with Crippen LogP contribution in [0.2, 0.25) is 0 Å². The van der Waals surface area contributed by atoms with E-state index >= 15 is 0 Å². The van der Waals surface area contributed by atoms with E-state index in [4.69, 9.17) is 0 Å². The van der Waals surface area contributed by atoms with Crippen LogP contribution in [-0.2, 0) is 0 Å². The maximum Gasteiger partial charge on any atom is 0.244 e. The lowest BCUT2D eigenvalue weighted by molar-refractivity contribution is -0.497. The lowest BCUT2D eigenvalue weighted by Crippen LogP contribution is -2.26. The molecule has 3 heteroatoms. The van der Waals surface area contributed by atoms with Crippen LogP contribution in [0.15, 0.2) is 0 Å². The second-order valence-corrected chi connectivity index (χ2v) is 4.86. The molecule has 0 amide bonds. The molecule has 0 aromatic heterocycles. The summed E-state index contributed by atoms with van der Waals surface area (Å²) in [4.78, 5) is 2.46. The van der Waals surface area contributed by atoms with E-state index in [0.717, 1.165) is 6.54 Å². The summed E-state index contributed by atoms with van der Waals surface area (Å²) in [6, 6.07) is 0. The summed E-state index contributed by atoms with van der Waals surface area (Å²) >= 11 is 2.07. The van der Waals surface area contributed by atoms with Gasteiger partial charge in [-0.1, -0.05) is 13.3 Å². The van der Waals surface area contributed by atoms with Crippen LogP contribution >= 0.6 is 11.8 Å². The minimum absolute atomic E-state index is 1.15. The van der Waals surface area contributed by atoms with E-state index in [9.17, 15) is 0 Å². The van der Waals surface area contributed by atoms with Crippen molar-refractivity contribution >= 4 is 17.6 Å². The molecule has 0 fully saturated rings. The van der Waals surface area contributed by atoms with Gasteiger partial charge in [0.25, 0.3) is 0 Å². The van der Waals surface area contributed by atoms with Crippen molar-refractivity contribution in [2.45, 2.75) is 33.6 Å². The van der Waals surface area contributed by atoms with E-state index < -0.39 is 0 Å². The van der Waals surface area contributed by atoms with Crippen LogP contribution < -0.4 is 0 Å². The number of hydrogen-bond donors (Lipinski definition) is 0. The van der Waals surface area contributed by atoms with Crippen LogP contribution in [0.3, 0.4) is 0 Å². The van der Waals surface area contributed by atoms with Crippen molar-refractivity contribution in [3.8, 4) is 0 Å². The van der Waals surface area contributed by atoms with Crippen molar-refractivity contribution in [2.24, 2.45) is 0 Å². The molecule has 2 nitrogen and oxygen atoms in total. The predicted molar refractivity (Wildman–Crippen MR) is 65.3 cm³/mol. The molecule has 1 rings (SSSR count). The van der Waals surface area contributed by atoms with Crippen LogP contribution in [0.5, 0.6) is 0 Å². The second-order valence-electron chi connectivity index (χ2n) is 3.78. The summed E-state index contributed by atoms with van der Waals surface area (Å²) in [5, 5.41) is 0. The number of thioether (sulfide) groups is 1. The minimum Gasteiger partial charge on any atom is -0.262 e. The smallest absolute Gasteiger partial charge is 0.244 e. The molecule has 0 saturated carbocycles. The normalized spacial score (nSPS) is 16.9. The Hall–Kier alpha value is -0.180. The van der Waals surface area contributed by atoms with Gasteiger partial charge in [-0.2, -0.15) is 0 Å². The molecule has 0 aliphatic carbocycles. The van der Waals surface area contributed by atoms with Crippen LogP contribution in [-0.4, -0.2) is 46.6 Å². The molecule has 0 bridgehead atoms. The Labute approximate surface area is 92.4 Å². The third-order valence-corrected chi connectivity index (χ3v) is 3.90. The summed E-state index contributed by atoms with van der Waals surface area (Å²) in [5.41, 5.74) is 0. The molecule has 14 heavy (non-hydrogen) atoms. The second kappa shape index (κ2) is 6.33. The highest BCUT2D eigenvalue weighted by atomic mass is 32.2. The van der Waals surface area contributed by atoms with Crippen molar-refractivity contribution in [3.05, 3.63) is 0 Å². The average molecular weight is 215 g/mol. The first-order chi connectivity index (χ1) is 6.79. The highest BCUT2D eigenvalue weighted by molar-refractivity contribution is 7.99. The highest BCUT2D eigenvalue weighted by Gasteiger charge is 2.24. The van der Waals surface area contributed by atoms with Crippen molar-refractivity contribution in [2.75, 3.05) is 31.3 Å². The number of nitrogens with zero attached hydrogens (tertiary/aromatic N) is 2. The first kappa shape index (κ1) is 11.9. The molecule has 1 aliphatic heterocycles. The standard InChI is InChI=1S/C11H23N2S/c1-4-6-9-14-10-13-8-7-12(5-2)11(13)3/h4-10H2,1-3H3/q+1. The fourth-order valence-electron chi connectivity index (χ4n) is 1.73. The van der Waals surface area contributed by atoms with E-state index in [-0.39, 0.29) is 0 Å². The first-order valence-electron chi connectivity index (χ1n) is 5.70. The monoisotopic (exact) mass is 215 g/mol. The molecule has 0 atom stereocenters. The molecular formula is C11H23N2S+. The Morgan fingerprint density at radius 1 is 1.43 bits per heavy atom. The third kappa shape index (κ3) is 3.19. The number of likely N-dealkylation sites (N-methyl/N-ethyl adjacent to an activating group) is 1. The predicted octanol–water partition coefficient (Wildman–Crippen LogP) is 2.24. The SMILES string of the molecule is CCCCSC[N+]1=C(C)N(CC)CC1. The number of amidine groups is 1. The zero-order valence-corrected chi connectivity index (χ0v) is 10.6. The summed E-state index contributed by atoms with van der Waals surface area (Å²) in [6.45, 7) is 10.3. The fraction of sp³-hybridized carbons (Fsp3) is 0.909. The third-order valence-electron chi connectivity index (χ3n) is 2.83. The largest absolute Gasteiger partial charge is 0.262 e. The van der Waals surface area contributed by atoms with Crippen molar-refractivity contribution in [1.82, 2.24) is 4.90 Å². The van der Waals surface area contributed by atoms with Crippen LogP contribution in [0.4, 0.5) is 0 Å². The minimum atomic E-state index is 1.15. The summed E-state index contributed by atoms with van der Waals surface area (Å²) in [5.74, 6) is 3.96. The molecule has 0 N–H and O–H groups in total. The Morgan fingerprint density at radius 2 is 2.21 bits per heavy atom. The number of unbranched alkanes of at least 4 members (excludes halogenated alkanes) is 1. The van der Waals surface area contributed by atoms with Crippen molar-refractivity contribution in [3.63, 3.8) is 0 Å². The maximum atomic E-state index is 2.50. The van der Waals surface area contributed by atoms with Gasteiger partial charge in [-0.15, -0.1) is 11.8 Å². The van der Waals surface area contributed by atoms with Gasteiger partial charge in [-0.05, 0) is 19.1 Å². The summed E-state index contributed by atoms with van der Waals surface area (Å²) in [7, 11) is 0. The molecule has 0 unspecified atom stereocenters. The number of hydrogen-bond acceptors (Lipinski definition) is 2. The van der Waals surface area contributed by atoms with Gasteiger partial charge in [0.15, 0.2) is 0 Å². The quantitative estimate of drug-likeness (QED) is 0.495. The summed E-state index contributed by atoms with van der Waals surface area (Å²) < 4.78 is 2.50. The Bertz CT molecular complexity index is 201. The Kier molecular flexibility index (Phi) is 5.38. The highest BCUT2D eigenvalue weighted by Crippen LogP contribution is 2.08. The van der Waals surface area contributed by atoms with Gasteiger partial charge in [0, 0.05) is 6.92 Å². The molecule has 0 spiro atoms. The molecule has 0 radical (unpaired) electrons. The van der Waals surface area contributed by atoms with Crippen LogP contribution in [0, 0.1) is 0 Å². The van der Waals surface area contributed by atoms with Gasteiger partial charge in [0.05, 0.1) is 6.54 Å². The van der Waals surface area contributed by atoms with Gasteiger partial charge >= 0.3 is 0 Å². The van der Waals surface area contributed by atoms with Gasteiger partial charge in [0.2, 0.25) is 5.84 Å². The Morgan fingerprint density at radius 3 is 2.79 bits per heavy atom. The van der Waals surface area contributed by atoms with Gasteiger partial charge < -0.3 is 0 Å². The molecular weight excluding hydrogens is 192 g/mol. The van der Waals surface area contributed by atoms with E-state index in [1.54, 1.807) is 0 Å². The topological polar surface area (TPSA) is 6.25 Å². The molecule has 0 aromatic carbocycles. The molecule has 1 heterocycles. The molecule has 82 valence electrons. The van der Waals surface area contributed by atoms with Crippen LogP contribution in [0.25, 0.3) is 0 Å². The lowest BCUT2D eigenvalue weighted by Gasteiger charge is -2.06. The van der Waals surface area contributed by atoms with E-state index in [1.165, 1.54) is 43.4 Å². The molecule has 0 aromatic rings. The van der Waals surface area contributed by atoms with Gasteiger partial charge in [-0.25, -0.2) is 0 Å². The van der Waals surface area contributed by atoms with E-state index in [0.29, 0.717) is 0 Å². The van der Waals surface area contributed by atoms with E-state index in [2.05, 4.69) is 42.0 Å². The number of rotatable bonds is 6. The van der Waals surface area contributed by atoms with Crippen molar-refractivity contribution in [1.29, 1.82) is 0 Å². The van der Waals surface area contributed by atoms with Crippen LogP contribution in [0.1, 0.15) is 33.6 Å².